The van der Waals surface area contributed by atoms with Crippen molar-refractivity contribution in [2.24, 2.45) is 0 Å². The first-order valence-electron chi connectivity index (χ1n) is 6.27. The van der Waals surface area contributed by atoms with E-state index in [1.54, 1.807) is 24.3 Å². The van der Waals surface area contributed by atoms with Gasteiger partial charge in [0.2, 0.25) is 0 Å². The summed E-state index contributed by atoms with van der Waals surface area (Å²) in [5, 5.41) is 12.2. The second-order valence-corrected chi connectivity index (χ2v) is 4.46. The lowest BCUT2D eigenvalue weighted by Crippen LogP contribution is -2.29. The molecule has 0 aliphatic carbocycles. The summed E-state index contributed by atoms with van der Waals surface area (Å²) >= 11 is 0. The summed E-state index contributed by atoms with van der Waals surface area (Å²) in [5.41, 5.74) is 0.743. The van der Waals surface area contributed by atoms with Crippen LogP contribution in [-0.2, 0) is 4.79 Å². The molecule has 0 spiro atoms. The number of carboxylic acids is 1. The van der Waals surface area contributed by atoms with E-state index in [2.05, 4.69) is 5.32 Å². The van der Waals surface area contributed by atoms with Gasteiger partial charge in [-0.05, 0) is 44.5 Å². The van der Waals surface area contributed by atoms with Crippen LogP contribution in [0.15, 0.2) is 24.3 Å². The Morgan fingerprint density at radius 1 is 1.33 bits per heavy atom. The van der Waals surface area contributed by atoms with Crippen molar-refractivity contribution in [3.63, 3.8) is 0 Å². The van der Waals surface area contributed by atoms with E-state index in [1.165, 1.54) is 0 Å². The van der Waals surface area contributed by atoms with Crippen molar-refractivity contribution in [2.45, 2.75) is 39.3 Å². The molecule has 1 aromatic carbocycles. The summed E-state index contributed by atoms with van der Waals surface area (Å²) in [5.74, 6) is -0.102. The van der Waals surface area contributed by atoms with E-state index in [0.717, 1.165) is 17.7 Å². The van der Waals surface area contributed by atoms with Gasteiger partial charge in [-0.1, -0.05) is 19.1 Å². The van der Waals surface area contributed by atoms with Crippen LogP contribution in [0.1, 0.15) is 38.8 Å². The van der Waals surface area contributed by atoms with Crippen molar-refractivity contribution in [1.29, 1.82) is 0 Å². The molecule has 0 bridgehead atoms. The Morgan fingerprint density at radius 3 is 2.39 bits per heavy atom. The van der Waals surface area contributed by atoms with Gasteiger partial charge in [-0.3, -0.25) is 4.79 Å². The molecular weight excluding hydrogens is 230 g/mol. The van der Waals surface area contributed by atoms with Crippen LogP contribution in [0.3, 0.4) is 0 Å². The lowest BCUT2D eigenvalue weighted by molar-refractivity contribution is -0.139. The molecule has 100 valence electrons. The second kappa shape index (κ2) is 7.01. The van der Waals surface area contributed by atoms with E-state index in [1.807, 2.05) is 20.8 Å². The van der Waals surface area contributed by atoms with Crippen molar-refractivity contribution in [2.75, 3.05) is 6.54 Å². The second-order valence-electron chi connectivity index (χ2n) is 4.46. The molecule has 1 unspecified atom stereocenters. The summed E-state index contributed by atoms with van der Waals surface area (Å²) in [7, 11) is 0. The van der Waals surface area contributed by atoms with Gasteiger partial charge in [-0.15, -0.1) is 0 Å². The minimum absolute atomic E-state index is 0.115. The quantitative estimate of drug-likeness (QED) is 0.782. The van der Waals surface area contributed by atoms with Gasteiger partial charge >= 0.3 is 5.97 Å². The molecular formula is C14H21NO3. The smallest absolute Gasteiger partial charge is 0.325 e. The number of ether oxygens (including phenoxy) is 1. The molecule has 4 nitrogen and oxygen atoms in total. The zero-order chi connectivity index (χ0) is 13.5. The van der Waals surface area contributed by atoms with Gasteiger partial charge in [0.05, 0.1) is 6.10 Å². The summed E-state index contributed by atoms with van der Waals surface area (Å²) < 4.78 is 5.52. The van der Waals surface area contributed by atoms with Crippen LogP contribution in [0, 0.1) is 0 Å². The topological polar surface area (TPSA) is 58.6 Å². The first-order valence-corrected chi connectivity index (χ1v) is 6.27. The number of rotatable bonds is 7. The van der Waals surface area contributed by atoms with Crippen LogP contribution < -0.4 is 10.1 Å². The van der Waals surface area contributed by atoms with E-state index in [9.17, 15) is 9.90 Å². The van der Waals surface area contributed by atoms with Crippen LogP contribution in [0.25, 0.3) is 0 Å². The van der Waals surface area contributed by atoms with Crippen LogP contribution in [0.4, 0.5) is 0 Å². The summed E-state index contributed by atoms with van der Waals surface area (Å²) in [6.45, 7) is 6.60. The molecule has 1 rings (SSSR count). The fourth-order valence-electron chi connectivity index (χ4n) is 1.65. The van der Waals surface area contributed by atoms with Crippen molar-refractivity contribution in [1.82, 2.24) is 5.32 Å². The molecule has 0 aromatic heterocycles. The predicted octanol–water partition coefficient (Wildman–Crippen LogP) is 2.60. The van der Waals surface area contributed by atoms with E-state index in [-0.39, 0.29) is 6.10 Å². The minimum atomic E-state index is -0.860. The monoisotopic (exact) mass is 251 g/mol. The number of hydrogen-bond acceptors (Lipinski definition) is 3. The number of nitrogens with one attached hydrogen (secondary N) is 1. The van der Waals surface area contributed by atoms with Crippen molar-refractivity contribution in [3.8, 4) is 5.75 Å². The Balaban J connectivity index is 2.77. The molecule has 0 aliphatic heterocycles. The van der Waals surface area contributed by atoms with Crippen LogP contribution in [0.2, 0.25) is 0 Å². The molecule has 0 radical (unpaired) electrons. The molecule has 0 heterocycles. The minimum Gasteiger partial charge on any atom is -0.491 e. The number of carboxylic acid groups (broad SMARTS) is 1. The third kappa shape index (κ3) is 4.37. The maximum atomic E-state index is 11.2. The number of aliphatic carboxylic acids is 1. The lowest BCUT2D eigenvalue weighted by atomic mass is 10.1. The van der Waals surface area contributed by atoms with Crippen LogP contribution in [0.5, 0.6) is 5.75 Å². The highest BCUT2D eigenvalue weighted by molar-refractivity contribution is 5.75. The molecule has 1 atom stereocenters. The van der Waals surface area contributed by atoms with E-state index in [0.29, 0.717) is 6.54 Å². The Hall–Kier alpha value is -1.55. The first kappa shape index (κ1) is 14.5. The highest BCUT2D eigenvalue weighted by atomic mass is 16.5. The molecule has 0 amide bonds. The molecule has 2 N–H and O–H groups in total. The maximum absolute atomic E-state index is 11.2. The lowest BCUT2D eigenvalue weighted by Gasteiger charge is -2.15. The Labute approximate surface area is 108 Å². The molecule has 18 heavy (non-hydrogen) atoms. The third-order valence-corrected chi connectivity index (χ3v) is 2.43. The summed E-state index contributed by atoms with van der Waals surface area (Å²) in [6, 6.07) is 6.54. The number of carbonyl (C=O) groups is 1. The molecule has 0 saturated carbocycles. The van der Waals surface area contributed by atoms with Gasteiger partial charge in [0, 0.05) is 0 Å². The fraction of sp³-hybridized carbons (Fsp3) is 0.500. The highest BCUT2D eigenvalue weighted by Crippen LogP contribution is 2.19. The highest BCUT2D eigenvalue weighted by Gasteiger charge is 2.18. The molecule has 0 saturated heterocycles. The Bertz CT molecular complexity index is 373. The van der Waals surface area contributed by atoms with E-state index in [4.69, 9.17) is 4.74 Å². The average Bonchev–Trinajstić information content (AvgIpc) is 2.30. The van der Waals surface area contributed by atoms with Crippen molar-refractivity contribution < 1.29 is 14.6 Å². The predicted molar refractivity (Wildman–Crippen MR) is 70.9 cm³/mol. The van der Waals surface area contributed by atoms with E-state index < -0.39 is 12.0 Å². The number of benzene rings is 1. The summed E-state index contributed by atoms with van der Waals surface area (Å²) in [4.78, 5) is 11.2. The van der Waals surface area contributed by atoms with Crippen LogP contribution in [-0.4, -0.2) is 23.7 Å². The SMILES string of the molecule is CCCNC(C(=O)O)c1ccc(OC(C)C)cc1. The van der Waals surface area contributed by atoms with Crippen molar-refractivity contribution in [3.05, 3.63) is 29.8 Å². The summed E-state index contributed by atoms with van der Waals surface area (Å²) in [6.07, 6.45) is 1.02. The first-order chi connectivity index (χ1) is 8.54. The Morgan fingerprint density at radius 2 is 1.94 bits per heavy atom. The normalized spacial score (nSPS) is 12.4. The molecule has 4 heteroatoms. The van der Waals surface area contributed by atoms with Gasteiger partial charge in [-0.25, -0.2) is 0 Å². The van der Waals surface area contributed by atoms with E-state index >= 15 is 0 Å². The average molecular weight is 251 g/mol. The van der Waals surface area contributed by atoms with Gasteiger partial charge in [0.15, 0.2) is 0 Å². The van der Waals surface area contributed by atoms with Gasteiger partial charge < -0.3 is 15.2 Å². The zero-order valence-electron chi connectivity index (χ0n) is 11.1. The number of hydrogen-bond donors (Lipinski definition) is 2. The van der Waals surface area contributed by atoms with Gasteiger partial charge in [-0.2, -0.15) is 0 Å². The molecule has 0 fully saturated rings. The van der Waals surface area contributed by atoms with Gasteiger partial charge in [0.25, 0.3) is 0 Å². The largest absolute Gasteiger partial charge is 0.491 e. The zero-order valence-corrected chi connectivity index (χ0v) is 11.1. The standard InChI is InChI=1S/C14H21NO3/c1-4-9-15-13(14(16)17)11-5-7-12(8-6-11)18-10(2)3/h5-8,10,13,15H,4,9H2,1-3H3,(H,16,17). The Kier molecular flexibility index (Phi) is 5.65. The fourth-order valence-corrected chi connectivity index (χ4v) is 1.65. The third-order valence-electron chi connectivity index (χ3n) is 2.43. The maximum Gasteiger partial charge on any atom is 0.325 e. The van der Waals surface area contributed by atoms with Gasteiger partial charge in [0.1, 0.15) is 11.8 Å². The molecule has 0 aliphatic rings. The van der Waals surface area contributed by atoms with Crippen molar-refractivity contribution >= 4 is 5.97 Å². The van der Waals surface area contributed by atoms with Crippen LogP contribution >= 0.6 is 0 Å². The molecule has 1 aromatic rings.